The minimum Gasteiger partial charge on any atom is -0.447 e. The van der Waals surface area contributed by atoms with Crippen molar-refractivity contribution in [2.24, 2.45) is 0 Å². The molecule has 0 bridgehead atoms. The predicted molar refractivity (Wildman–Crippen MR) is 98.4 cm³/mol. The fraction of sp³-hybridized carbons (Fsp3) is 0.333. The van der Waals surface area contributed by atoms with Crippen molar-refractivity contribution in [2.45, 2.75) is 20.0 Å². The SMILES string of the molecule is Cc1c(C(=O)O[C@H](C)C(=O)NCCN2C(=O)CSC2=O)oc2c(F)cccc12. The second-order valence-electron chi connectivity index (χ2n) is 6.11. The predicted octanol–water partition coefficient (Wildman–Crippen LogP) is 2.24. The third kappa shape index (κ3) is 3.86. The summed E-state index contributed by atoms with van der Waals surface area (Å²) < 4.78 is 24.2. The molecule has 1 saturated heterocycles. The van der Waals surface area contributed by atoms with E-state index >= 15 is 0 Å². The van der Waals surface area contributed by atoms with Gasteiger partial charge in [-0.3, -0.25) is 19.3 Å². The molecule has 3 rings (SSSR count). The van der Waals surface area contributed by atoms with E-state index in [-0.39, 0.29) is 41.3 Å². The summed E-state index contributed by atoms with van der Waals surface area (Å²) in [6, 6.07) is 4.33. The van der Waals surface area contributed by atoms with Crippen LogP contribution in [0.1, 0.15) is 23.0 Å². The standard InChI is InChI=1S/C18H17FN2O6S/c1-9-11-4-3-5-12(19)15(11)27-14(9)17(24)26-10(2)16(23)20-6-7-21-13(22)8-28-18(21)25/h3-5,10H,6-8H2,1-2H3,(H,20,23)/t10-/m1/s1. The van der Waals surface area contributed by atoms with Crippen molar-refractivity contribution in [1.82, 2.24) is 10.2 Å². The van der Waals surface area contributed by atoms with E-state index in [9.17, 15) is 23.6 Å². The maximum atomic E-state index is 13.8. The molecule has 3 amide bonds. The second-order valence-corrected chi connectivity index (χ2v) is 7.04. The number of ether oxygens (including phenoxy) is 1. The number of halogens is 1. The molecule has 2 heterocycles. The molecule has 1 aromatic carbocycles. The number of thioether (sulfide) groups is 1. The largest absolute Gasteiger partial charge is 0.447 e. The summed E-state index contributed by atoms with van der Waals surface area (Å²) in [7, 11) is 0. The topological polar surface area (TPSA) is 106 Å². The summed E-state index contributed by atoms with van der Waals surface area (Å²) in [5, 5.41) is 2.59. The number of aryl methyl sites for hydroxylation is 1. The van der Waals surface area contributed by atoms with Gasteiger partial charge in [-0.2, -0.15) is 0 Å². The van der Waals surface area contributed by atoms with Crippen LogP contribution in [0.3, 0.4) is 0 Å². The van der Waals surface area contributed by atoms with Crippen LogP contribution in [0, 0.1) is 12.7 Å². The van der Waals surface area contributed by atoms with Crippen LogP contribution in [0.25, 0.3) is 11.0 Å². The van der Waals surface area contributed by atoms with E-state index in [1.807, 2.05) is 0 Å². The molecular weight excluding hydrogens is 391 g/mol. The summed E-state index contributed by atoms with van der Waals surface area (Å²) in [5.74, 6) is -2.48. The smallest absolute Gasteiger partial charge is 0.375 e. The van der Waals surface area contributed by atoms with Gasteiger partial charge in [0.1, 0.15) is 0 Å². The Kier molecular flexibility index (Phi) is 5.68. The summed E-state index contributed by atoms with van der Waals surface area (Å²) in [5.41, 5.74) is 0.359. The highest BCUT2D eigenvalue weighted by atomic mass is 32.2. The molecule has 0 spiro atoms. The zero-order chi connectivity index (χ0) is 20.4. The lowest BCUT2D eigenvalue weighted by Crippen LogP contribution is -2.41. The highest BCUT2D eigenvalue weighted by molar-refractivity contribution is 8.14. The van der Waals surface area contributed by atoms with E-state index in [1.54, 1.807) is 13.0 Å². The second kappa shape index (κ2) is 8.01. The Morgan fingerprint density at radius 2 is 2.14 bits per heavy atom. The van der Waals surface area contributed by atoms with Gasteiger partial charge in [0.2, 0.25) is 11.7 Å². The third-order valence-electron chi connectivity index (χ3n) is 4.23. The maximum absolute atomic E-state index is 13.8. The summed E-state index contributed by atoms with van der Waals surface area (Å²) in [4.78, 5) is 48.4. The number of hydrogen-bond acceptors (Lipinski definition) is 7. The molecule has 1 aliphatic heterocycles. The van der Waals surface area contributed by atoms with Gasteiger partial charge in [-0.25, -0.2) is 9.18 Å². The van der Waals surface area contributed by atoms with Crippen LogP contribution in [0.5, 0.6) is 0 Å². The maximum Gasteiger partial charge on any atom is 0.375 e. The molecule has 1 fully saturated rings. The molecule has 0 unspecified atom stereocenters. The number of para-hydroxylation sites is 1. The molecule has 148 valence electrons. The van der Waals surface area contributed by atoms with Gasteiger partial charge in [-0.15, -0.1) is 0 Å². The average molecular weight is 408 g/mol. The number of carbonyl (C=O) groups is 4. The van der Waals surface area contributed by atoms with Gasteiger partial charge in [-0.1, -0.05) is 23.9 Å². The van der Waals surface area contributed by atoms with Gasteiger partial charge >= 0.3 is 5.97 Å². The van der Waals surface area contributed by atoms with Gasteiger partial charge in [0.15, 0.2) is 17.5 Å². The number of imide groups is 1. The van der Waals surface area contributed by atoms with E-state index in [0.717, 1.165) is 16.7 Å². The van der Waals surface area contributed by atoms with Gasteiger partial charge in [0.05, 0.1) is 5.75 Å². The number of carbonyl (C=O) groups excluding carboxylic acids is 4. The van der Waals surface area contributed by atoms with Gasteiger partial charge in [0, 0.05) is 24.0 Å². The Bertz CT molecular complexity index is 956. The fourth-order valence-corrected chi connectivity index (χ4v) is 3.45. The van der Waals surface area contributed by atoms with Crippen molar-refractivity contribution in [3.63, 3.8) is 0 Å². The molecule has 10 heteroatoms. The molecule has 0 radical (unpaired) electrons. The summed E-state index contributed by atoms with van der Waals surface area (Å²) in [6.45, 7) is 3.04. The number of nitrogens with zero attached hydrogens (tertiary/aromatic N) is 1. The van der Waals surface area contributed by atoms with Crippen LogP contribution in [-0.2, 0) is 14.3 Å². The van der Waals surface area contributed by atoms with E-state index < -0.39 is 23.8 Å². The Labute approximate surface area is 163 Å². The van der Waals surface area contributed by atoms with Crippen LogP contribution in [0.15, 0.2) is 22.6 Å². The van der Waals surface area contributed by atoms with Crippen LogP contribution in [0.2, 0.25) is 0 Å². The number of nitrogens with one attached hydrogen (secondary N) is 1. The first kappa shape index (κ1) is 19.9. The number of esters is 1. The highest BCUT2D eigenvalue weighted by Gasteiger charge is 2.30. The van der Waals surface area contributed by atoms with E-state index in [2.05, 4.69) is 5.32 Å². The van der Waals surface area contributed by atoms with Gasteiger partial charge in [-0.05, 0) is 19.9 Å². The molecule has 0 aliphatic carbocycles. The zero-order valence-electron chi connectivity index (χ0n) is 15.1. The normalized spacial score (nSPS) is 15.2. The lowest BCUT2D eigenvalue weighted by atomic mass is 10.1. The molecule has 1 aliphatic rings. The molecule has 0 saturated carbocycles. The minimum absolute atomic E-state index is 0.0354. The van der Waals surface area contributed by atoms with Crippen LogP contribution in [-0.4, -0.2) is 52.9 Å². The third-order valence-corrected chi connectivity index (χ3v) is 5.09. The number of furan rings is 1. The van der Waals surface area contributed by atoms with Gasteiger partial charge < -0.3 is 14.5 Å². The van der Waals surface area contributed by atoms with Crippen molar-refractivity contribution in [1.29, 1.82) is 0 Å². The average Bonchev–Trinajstić information content (AvgIpc) is 3.16. The first-order valence-electron chi connectivity index (χ1n) is 8.43. The minimum atomic E-state index is -1.15. The number of benzene rings is 1. The molecule has 8 nitrogen and oxygen atoms in total. The van der Waals surface area contributed by atoms with E-state index in [1.165, 1.54) is 19.1 Å². The molecule has 1 N–H and O–H groups in total. The lowest BCUT2D eigenvalue weighted by Gasteiger charge is -2.15. The number of amides is 3. The summed E-state index contributed by atoms with van der Waals surface area (Å²) >= 11 is 0.907. The monoisotopic (exact) mass is 408 g/mol. The Hall–Kier alpha value is -2.88. The number of hydrogen-bond donors (Lipinski definition) is 1. The highest BCUT2D eigenvalue weighted by Crippen LogP contribution is 2.28. The lowest BCUT2D eigenvalue weighted by molar-refractivity contribution is -0.130. The van der Waals surface area contributed by atoms with Crippen LogP contribution in [0.4, 0.5) is 9.18 Å². The van der Waals surface area contributed by atoms with Crippen LogP contribution < -0.4 is 5.32 Å². The quantitative estimate of drug-likeness (QED) is 0.731. The molecule has 2 aromatic rings. The number of rotatable bonds is 6. The molecule has 1 atom stereocenters. The first-order chi connectivity index (χ1) is 13.3. The van der Waals surface area contributed by atoms with Crippen molar-refractivity contribution in [2.75, 3.05) is 18.8 Å². The van der Waals surface area contributed by atoms with Crippen molar-refractivity contribution >= 4 is 45.8 Å². The van der Waals surface area contributed by atoms with Crippen LogP contribution >= 0.6 is 11.8 Å². The first-order valence-corrected chi connectivity index (χ1v) is 9.41. The van der Waals surface area contributed by atoms with Crippen molar-refractivity contribution in [3.05, 3.63) is 35.3 Å². The summed E-state index contributed by atoms with van der Waals surface area (Å²) in [6.07, 6.45) is -1.15. The Balaban J connectivity index is 1.57. The van der Waals surface area contributed by atoms with Crippen molar-refractivity contribution in [3.8, 4) is 0 Å². The molecule has 1 aromatic heterocycles. The molecular formula is C18H17FN2O6S. The molecule has 28 heavy (non-hydrogen) atoms. The van der Waals surface area contributed by atoms with Crippen molar-refractivity contribution < 1.29 is 32.7 Å². The van der Waals surface area contributed by atoms with E-state index in [0.29, 0.717) is 10.9 Å². The Morgan fingerprint density at radius 3 is 2.79 bits per heavy atom. The van der Waals surface area contributed by atoms with Gasteiger partial charge in [0.25, 0.3) is 11.1 Å². The Morgan fingerprint density at radius 1 is 1.39 bits per heavy atom. The van der Waals surface area contributed by atoms with E-state index in [4.69, 9.17) is 9.15 Å². The zero-order valence-corrected chi connectivity index (χ0v) is 15.9. The number of fused-ring (bicyclic) bond motifs is 1. The fourth-order valence-electron chi connectivity index (χ4n) is 2.70.